The van der Waals surface area contributed by atoms with Gasteiger partial charge in [-0.3, -0.25) is 4.90 Å². The molecule has 4 aromatic rings. The van der Waals surface area contributed by atoms with Crippen LogP contribution in [0.3, 0.4) is 0 Å². The van der Waals surface area contributed by atoms with Crippen molar-refractivity contribution in [1.29, 1.82) is 0 Å². The minimum absolute atomic E-state index is 0.0531. The Morgan fingerprint density at radius 1 is 1.13 bits per heavy atom. The van der Waals surface area contributed by atoms with Gasteiger partial charge in [0.05, 0.1) is 30.4 Å². The molecule has 12 heteroatoms. The third kappa shape index (κ3) is 4.59. The van der Waals surface area contributed by atoms with Crippen LogP contribution < -0.4 is 14.4 Å². The van der Waals surface area contributed by atoms with Crippen LogP contribution in [0.1, 0.15) is 31.7 Å². The molecule has 4 atom stereocenters. The van der Waals surface area contributed by atoms with E-state index in [2.05, 4.69) is 27.7 Å². The minimum atomic E-state index is -0.939. The van der Waals surface area contributed by atoms with Crippen LogP contribution in [0.5, 0.6) is 17.6 Å². The fourth-order valence-electron chi connectivity index (χ4n) is 7.66. The summed E-state index contributed by atoms with van der Waals surface area (Å²) in [6, 6.07) is 5.08. The van der Waals surface area contributed by atoms with Crippen molar-refractivity contribution in [2.75, 3.05) is 51.0 Å². The number of pyridine rings is 1. The first-order chi connectivity index (χ1) is 22.2. The number of fused-ring (bicyclic) bond motifs is 4. The summed E-state index contributed by atoms with van der Waals surface area (Å²) < 4.78 is 64.8. The predicted octanol–water partition coefficient (Wildman–Crippen LogP) is 5.00. The number of benzene rings is 2. The lowest BCUT2D eigenvalue weighted by molar-refractivity contribution is 0.103. The average molecular weight is 632 g/mol. The number of terminal acetylenes is 1. The minimum Gasteiger partial charge on any atom is -0.508 e. The number of anilines is 1. The summed E-state index contributed by atoms with van der Waals surface area (Å²) in [6.07, 6.45) is 6.85. The van der Waals surface area contributed by atoms with Crippen LogP contribution in [0, 0.1) is 29.9 Å². The van der Waals surface area contributed by atoms with E-state index in [1.165, 1.54) is 24.3 Å². The standard InChI is InChI=1S/C34H32F3N5O4/c1-3-23-25(36)6-5-19-9-22(43)10-24(26(19)23)29-28(37)30-27-31(42-12-18(2)14-44-15-21(42)16-45-32(27)38-29)40-33(39-30)46-17-34-7-4-8-41(34)13-20(35)11-34/h1,5-6,9-10,18,20-21,43H,4,7-8,11-17H2,2H3/t18-,20+,21-,34-/m0/s1. The third-order valence-electron chi connectivity index (χ3n) is 9.74. The number of halogens is 3. The molecule has 0 saturated carbocycles. The molecule has 3 fully saturated rings. The zero-order valence-corrected chi connectivity index (χ0v) is 25.2. The molecule has 46 heavy (non-hydrogen) atoms. The third-order valence-corrected chi connectivity index (χ3v) is 9.74. The van der Waals surface area contributed by atoms with Crippen LogP contribution in [-0.4, -0.2) is 88.8 Å². The molecule has 0 radical (unpaired) electrons. The van der Waals surface area contributed by atoms with Crippen LogP contribution in [-0.2, 0) is 4.74 Å². The SMILES string of the molecule is C#Cc1c(F)ccc2cc(O)cc(-c3nc4c5c(nc(OC[C@@]67CCCN6C[C@H](F)C7)nc5c3F)N3C[C@H](C)COC[C@H]3CO4)c12. The normalized spacial score (nSPS) is 25.9. The van der Waals surface area contributed by atoms with Crippen molar-refractivity contribution in [3.8, 4) is 41.2 Å². The summed E-state index contributed by atoms with van der Waals surface area (Å²) in [6.45, 7) is 5.01. The monoisotopic (exact) mass is 631 g/mol. The topological polar surface area (TPSA) is 93.1 Å². The molecule has 8 rings (SSSR count). The molecule has 238 valence electrons. The van der Waals surface area contributed by atoms with E-state index in [9.17, 15) is 13.9 Å². The number of hydrogen-bond acceptors (Lipinski definition) is 9. The maximum atomic E-state index is 17.0. The Kier molecular flexibility index (Phi) is 6.88. The van der Waals surface area contributed by atoms with Gasteiger partial charge < -0.3 is 24.2 Å². The Labute approximate surface area is 263 Å². The Bertz CT molecular complexity index is 1940. The van der Waals surface area contributed by atoms with Gasteiger partial charge >= 0.3 is 6.01 Å². The summed E-state index contributed by atoms with van der Waals surface area (Å²) in [4.78, 5) is 18.1. The zero-order chi connectivity index (χ0) is 31.7. The lowest BCUT2D eigenvalue weighted by Gasteiger charge is -2.31. The van der Waals surface area contributed by atoms with Crippen LogP contribution in [0.15, 0.2) is 24.3 Å². The first kappa shape index (κ1) is 29.1. The van der Waals surface area contributed by atoms with Gasteiger partial charge in [0, 0.05) is 30.5 Å². The summed E-state index contributed by atoms with van der Waals surface area (Å²) in [7, 11) is 0. The van der Waals surface area contributed by atoms with E-state index in [1.807, 2.05) is 4.90 Å². The average Bonchev–Trinajstić information content (AvgIpc) is 3.43. The van der Waals surface area contributed by atoms with Crippen molar-refractivity contribution < 1.29 is 32.5 Å². The second-order valence-corrected chi connectivity index (χ2v) is 12.9. The molecule has 9 nitrogen and oxygen atoms in total. The molecule has 2 aromatic carbocycles. The molecule has 0 amide bonds. The lowest BCUT2D eigenvalue weighted by Crippen LogP contribution is -2.44. The first-order valence-corrected chi connectivity index (χ1v) is 15.6. The van der Waals surface area contributed by atoms with E-state index in [0.29, 0.717) is 43.9 Å². The molecule has 0 aliphatic carbocycles. The molecule has 0 unspecified atom stereocenters. The molecule has 1 N–H and O–H groups in total. The molecule has 4 aliphatic rings. The summed E-state index contributed by atoms with van der Waals surface area (Å²) >= 11 is 0. The smallest absolute Gasteiger partial charge is 0.319 e. The van der Waals surface area contributed by atoms with E-state index >= 15 is 4.39 Å². The fraction of sp³-hybridized carbons (Fsp3) is 0.441. The van der Waals surface area contributed by atoms with Crippen molar-refractivity contribution in [1.82, 2.24) is 19.9 Å². The molecule has 2 aromatic heterocycles. The molecule has 0 bridgehead atoms. The van der Waals surface area contributed by atoms with Crippen LogP contribution in [0.4, 0.5) is 19.0 Å². The Morgan fingerprint density at radius 2 is 2.00 bits per heavy atom. The van der Waals surface area contributed by atoms with Gasteiger partial charge in [-0.15, -0.1) is 6.42 Å². The van der Waals surface area contributed by atoms with Crippen molar-refractivity contribution in [3.05, 3.63) is 41.5 Å². The van der Waals surface area contributed by atoms with Crippen molar-refractivity contribution in [3.63, 3.8) is 0 Å². The summed E-state index contributed by atoms with van der Waals surface area (Å²) in [5.74, 6) is 1.31. The van der Waals surface area contributed by atoms with Gasteiger partial charge in [-0.2, -0.15) is 9.97 Å². The highest BCUT2D eigenvalue weighted by Crippen LogP contribution is 2.44. The van der Waals surface area contributed by atoms with E-state index in [0.717, 1.165) is 19.4 Å². The summed E-state index contributed by atoms with van der Waals surface area (Å²) in [5.41, 5.74) is -0.800. The molecule has 6 heterocycles. The number of phenols is 1. The largest absolute Gasteiger partial charge is 0.508 e. The zero-order valence-electron chi connectivity index (χ0n) is 25.2. The molecule has 4 aliphatic heterocycles. The van der Waals surface area contributed by atoms with Gasteiger partial charge in [0.1, 0.15) is 53.4 Å². The molecular formula is C34H32F3N5O4. The maximum absolute atomic E-state index is 17.0. The lowest BCUT2D eigenvalue weighted by atomic mass is 9.95. The number of nitrogens with zero attached hydrogens (tertiary/aromatic N) is 5. The molecular weight excluding hydrogens is 599 g/mol. The highest BCUT2D eigenvalue weighted by Gasteiger charge is 2.49. The van der Waals surface area contributed by atoms with Gasteiger partial charge in [-0.25, -0.2) is 18.2 Å². The van der Waals surface area contributed by atoms with Gasteiger partial charge in [0.15, 0.2) is 5.82 Å². The summed E-state index contributed by atoms with van der Waals surface area (Å²) in [5, 5.41) is 11.5. The maximum Gasteiger partial charge on any atom is 0.319 e. The van der Waals surface area contributed by atoms with Crippen molar-refractivity contribution in [2.24, 2.45) is 5.92 Å². The van der Waals surface area contributed by atoms with Crippen LogP contribution in [0.2, 0.25) is 0 Å². The predicted molar refractivity (Wildman–Crippen MR) is 165 cm³/mol. The number of hydrogen-bond donors (Lipinski definition) is 1. The van der Waals surface area contributed by atoms with Gasteiger partial charge in [0.2, 0.25) is 5.88 Å². The number of aromatic nitrogens is 3. The number of aromatic hydroxyl groups is 1. The first-order valence-electron chi connectivity index (χ1n) is 15.6. The van der Waals surface area contributed by atoms with E-state index in [1.54, 1.807) is 0 Å². The van der Waals surface area contributed by atoms with Crippen LogP contribution >= 0.6 is 0 Å². The van der Waals surface area contributed by atoms with Crippen molar-refractivity contribution >= 4 is 27.5 Å². The van der Waals surface area contributed by atoms with Crippen molar-refractivity contribution in [2.45, 2.75) is 43.9 Å². The Hall–Kier alpha value is -4.34. The molecule has 3 saturated heterocycles. The highest BCUT2D eigenvalue weighted by atomic mass is 19.1. The quantitative estimate of drug-likeness (QED) is 0.313. The Balaban J connectivity index is 1.34. The van der Waals surface area contributed by atoms with E-state index < -0.39 is 23.3 Å². The van der Waals surface area contributed by atoms with Gasteiger partial charge in [-0.1, -0.05) is 18.9 Å². The number of rotatable bonds is 4. The Morgan fingerprint density at radius 3 is 2.85 bits per heavy atom. The van der Waals surface area contributed by atoms with Gasteiger partial charge in [-0.05, 0) is 48.9 Å². The number of alkyl halides is 1. The highest BCUT2D eigenvalue weighted by molar-refractivity contribution is 6.04. The fourth-order valence-corrected chi connectivity index (χ4v) is 7.66. The number of ether oxygens (including phenoxy) is 3. The molecule has 0 spiro atoms. The van der Waals surface area contributed by atoms with E-state index in [4.69, 9.17) is 25.6 Å². The van der Waals surface area contributed by atoms with Crippen LogP contribution in [0.25, 0.3) is 32.9 Å². The second-order valence-electron chi connectivity index (χ2n) is 12.9. The second kappa shape index (κ2) is 10.9. The van der Waals surface area contributed by atoms with Gasteiger partial charge in [0.25, 0.3) is 0 Å². The number of phenolic OH excluding ortho intramolecular Hbond substituents is 1. The van der Waals surface area contributed by atoms with E-state index in [-0.39, 0.29) is 75.9 Å².